The van der Waals surface area contributed by atoms with Gasteiger partial charge in [-0.3, -0.25) is 9.69 Å². The lowest BCUT2D eigenvalue weighted by Crippen LogP contribution is -2.58. The van der Waals surface area contributed by atoms with Gasteiger partial charge in [0.25, 0.3) is 0 Å². The van der Waals surface area contributed by atoms with Crippen LogP contribution in [0.1, 0.15) is 18.4 Å². The predicted molar refractivity (Wildman–Crippen MR) is 80.8 cm³/mol. The number of carbonyl (C=O) groups excluding carboxylic acids is 2. The molecule has 0 spiro atoms. The van der Waals surface area contributed by atoms with Crippen molar-refractivity contribution in [2.24, 2.45) is 0 Å². The number of nitrogens with zero attached hydrogens (tertiary/aromatic N) is 1. The van der Waals surface area contributed by atoms with E-state index in [2.05, 4.69) is 5.32 Å². The first kappa shape index (κ1) is 16.3. The van der Waals surface area contributed by atoms with E-state index in [0.29, 0.717) is 12.8 Å². The molecule has 0 aromatic heterocycles. The van der Waals surface area contributed by atoms with Crippen molar-refractivity contribution < 1.29 is 29.0 Å². The minimum atomic E-state index is -1.11. The SMILES string of the molecule is O=C(N[C@H]1CC[C@@H]2OC[C@@H](C(=O)O)N2C1=O)OCc1ccccc1. The van der Waals surface area contributed by atoms with Crippen LogP contribution >= 0.6 is 0 Å². The molecule has 2 saturated heterocycles. The van der Waals surface area contributed by atoms with Gasteiger partial charge in [0, 0.05) is 0 Å². The Labute approximate surface area is 138 Å². The maximum Gasteiger partial charge on any atom is 0.408 e. The molecular weight excluding hydrogens is 316 g/mol. The number of hydrogen-bond donors (Lipinski definition) is 2. The van der Waals surface area contributed by atoms with Crippen LogP contribution in [0.25, 0.3) is 0 Å². The molecule has 2 amide bonds. The van der Waals surface area contributed by atoms with Gasteiger partial charge in [0.05, 0.1) is 6.61 Å². The third kappa shape index (κ3) is 3.33. The fourth-order valence-electron chi connectivity index (χ4n) is 2.93. The Kier molecular flexibility index (Phi) is 4.66. The Morgan fingerprint density at radius 3 is 2.75 bits per heavy atom. The smallest absolute Gasteiger partial charge is 0.408 e. The van der Waals surface area contributed by atoms with Gasteiger partial charge in [-0.05, 0) is 18.4 Å². The van der Waals surface area contributed by atoms with Crippen molar-refractivity contribution in [3.63, 3.8) is 0 Å². The van der Waals surface area contributed by atoms with Gasteiger partial charge in [-0.15, -0.1) is 0 Å². The molecule has 0 radical (unpaired) electrons. The monoisotopic (exact) mass is 334 g/mol. The second-order valence-corrected chi connectivity index (χ2v) is 5.72. The molecule has 1 aromatic carbocycles. The molecule has 1 aromatic rings. The largest absolute Gasteiger partial charge is 0.480 e. The van der Waals surface area contributed by atoms with E-state index in [1.54, 1.807) is 0 Å². The van der Waals surface area contributed by atoms with Crippen molar-refractivity contribution in [2.45, 2.75) is 37.8 Å². The van der Waals surface area contributed by atoms with Crippen molar-refractivity contribution in [1.82, 2.24) is 10.2 Å². The Morgan fingerprint density at radius 1 is 1.29 bits per heavy atom. The van der Waals surface area contributed by atoms with Crippen molar-refractivity contribution in [3.8, 4) is 0 Å². The number of ether oxygens (including phenoxy) is 2. The van der Waals surface area contributed by atoms with E-state index < -0.39 is 36.3 Å². The number of alkyl carbamates (subject to hydrolysis) is 1. The van der Waals surface area contributed by atoms with Crippen LogP contribution in [-0.4, -0.2) is 52.9 Å². The summed E-state index contributed by atoms with van der Waals surface area (Å²) < 4.78 is 10.4. The molecule has 0 saturated carbocycles. The first-order chi connectivity index (χ1) is 11.6. The lowest BCUT2D eigenvalue weighted by molar-refractivity contribution is -0.154. The third-order valence-electron chi connectivity index (χ3n) is 4.14. The lowest BCUT2D eigenvalue weighted by atomic mass is 10.0. The van der Waals surface area contributed by atoms with Gasteiger partial charge in [-0.1, -0.05) is 30.3 Å². The van der Waals surface area contributed by atoms with Crippen LogP contribution in [0, 0.1) is 0 Å². The minimum Gasteiger partial charge on any atom is -0.480 e. The van der Waals surface area contributed by atoms with E-state index in [9.17, 15) is 14.4 Å². The second-order valence-electron chi connectivity index (χ2n) is 5.72. The van der Waals surface area contributed by atoms with Gasteiger partial charge in [0.1, 0.15) is 18.9 Å². The van der Waals surface area contributed by atoms with Crippen LogP contribution in [0.4, 0.5) is 4.79 Å². The topological polar surface area (TPSA) is 105 Å². The summed E-state index contributed by atoms with van der Waals surface area (Å²) in [5.74, 6) is -1.56. The molecule has 128 valence electrons. The van der Waals surface area contributed by atoms with Crippen LogP contribution in [0.2, 0.25) is 0 Å². The number of aliphatic carboxylic acids is 1. The Morgan fingerprint density at radius 2 is 2.04 bits per heavy atom. The summed E-state index contributed by atoms with van der Waals surface area (Å²) in [6, 6.07) is 7.37. The van der Waals surface area contributed by atoms with Gasteiger partial charge in [-0.2, -0.15) is 0 Å². The maximum atomic E-state index is 12.4. The summed E-state index contributed by atoms with van der Waals surface area (Å²) >= 11 is 0. The Bertz CT molecular complexity index is 635. The molecule has 2 aliphatic rings. The highest BCUT2D eigenvalue weighted by atomic mass is 16.5. The van der Waals surface area contributed by atoms with E-state index in [0.717, 1.165) is 5.56 Å². The van der Waals surface area contributed by atoms with Crippen LogP contribution in [-0.2, 0) is 25.7 Å². The molecule has 3 rings (SSSR count). The highest BCUT2D eigenvalue weighted by Crippen LogP contribution is 2.27. The van der Waals surface area contributed by atoms with Gasteiger partial charge >= 0.3 is 12.1 Å². The lowest BCUT2D eigenvalue weighted by Gasteiger charge is -2.35. The standard InChI is InChI=1S/C16H18N2O6/c19-14-11(6-7-13-18(14)12(9-23-13)15(20)21)17-16(22)24-8-10-4-2-1-3-5-10/h1-5,11-13H,6-9H2,(H,17,22)(H,20,21)/t11-,12-,13-/m0/s1. The highest BCUT2D eigenvalue weighted by Gasteiger charge is 2.47. The molecular formula is C16H18N2O6. The minimum absolute atomic E-state index is 0.0308. The van der Waals surface area contributed by atoms with Crippen LogP contribution < -0.4 is 5.32 Å². The van der Waals surface area contributed by atoms with Gasteiger partial charge in [0.2, 0.25) is 5.91 Å². The summed E-state index contributed by atoms with van der Waals surface area (Å²) in [4.78, 5) is 36.7. The quantitative estimate of drug-likeness (QED) is 0.840. The van der Waals surface area contributed by atoms with Gasteiger partial charge in [-0.25, -0.2) is 9.59 Å². The Hall–Kier alpha value is -2.61. The first-order valence-electron chi connectivity index (χ1n) is 7.70. The van der Waals surface area contributed by atoms with Crippen LogP contribution in [0.15, 0.2) is 30.3 Å². The van der Waals surface area contributed by atoms with Crippen molar-refractivity contribution >= 4 is 18.0 Å². The third-order valence-corrected chi connectivity index (χ3v) is 4.14. The number of fused-ring (bicyclic) bond motifs is 1. The van der Waals surface area contributed by atoms with Crippen molar-refractivity contribution in [3.05, 3.63) is 35.9 Å². The summed E-state index contributed by atoms with van der Waals surface area (Å²) in [5.41, 5.74) is 0.835. The molecule has 2 aliphatic heterocycles. The zero-order valence-electron chi connectivity index (χ0n) is 12.9. The summed E-state index contributed by atoms with van der Waals surface area (Å²) in [5, 5.41) is 11.7. The molecule has 8 heteroatoms. The zero-order valence-corrected chi connectivity index (χ0v) is 12.9. The van der Waals surface area contributed by atoms with Crippen LogP contribution in [0.5, 0.6) is 0 Å². The van der Waals surface area contributed by atoms with Gasteiger partial charge < -0.3 is 19.9 Å². The average molecular weight is 334 g/mol. The average Bonchev–Trinajstić information content (AvgIpc) is 3.02. The molecule has 24 heavy (non-hydrogen) atoms. The molecule has 3 atom stereocenters. The molecule has 0 aliphatic carbocycles. The maximum absolute atomic E-state index is 12.4. The summed E-state index contributed by atoms with van der Waals surface area (Å²) in [6.45, 7) is 0.0672. The van der Waals surface area contributed by atoms with Crippen molar-refractivity contribution in [2.75, 3.05) is 6.61 Å². The molecule has 2 heterocycles. The second kappa shape index (κ2) is 6.88. The van der Waals surface area contributed by atoms with E-state index in [1.165, 1.54) is 4.90 Å². The number of carbonyl (C=O) groups is 3. The fourth-order valence-corrected chi connectivity index (χ4v) is 2.93. The highest BCUT2D eigenvalue weighted by molar-refractivity contribution is 5.90. The van der Waals surface area contributed by atoms with Crippen LogP contribution in [0.3, 0.4) is 0 Å². The zero-order chi connectivity index (χ0) is 17.1. The number of hydrogen-bond acceptors (Lipinski definition) is 5. The van der Waals surface area contributed by atoms with E-state index >= 15 is 0 Å². The van der Waals surface area contributed by atoms with Crippen molar-refractivity contribution in [1.29, 1.82) is 0 Å². The predicted octanol–water partition coefficient (Wildman–Crippen LogP) is 0.713. The van der Waals surface area contributed by atoms with Gasteiger partial charge in [0.15, 0.2) is 6.04 Å². The number of benzene rings is 1. The number of rotatable bonds is 4. The number of carboxylic acid groups (broad SMARTS) is 1. The number of nitrogens with one attached hydrogen (secondary N) is 1. The number of carboxylic acids is 1. The van der Waals surface area contributed by atoms with E-state index in [1.807, 2.05) is 30.3 Å². The molecule has 2 N–H and O–H groups in total. The molecule has 8 nitrogen and oxygen atoms in total. The number of amides is 2. The molecule has 2 fully saturated rings. The van der Waals surface area contributed by atoms with E-state index in [4.69, 9.17) is 14.6 Å². The first-order valence-corrected chi connectivity index (χ1v) is 7.70. The fraction of sp³-hybridized carbons (Fsp3) is 0.438. The number of piperidine rings is 1. The Balaban J connectivity index is 1.56. The normalized spacial score (nSPS) is 25.9. The summed E-state index contributed by atoms with van der Waals surface area (Å²) in [6.07, 6.45) is -0.383. The molecule has 0 bridgehead atoms. The molecule has 0 unspecified atom stereocenters. The van der Waals surface area contributed by atoms with E-state index in [-0.39, 0.29) is 13.2 Å². The summed E-state index contributed by atoms with van der Waals surface area (Å²) in [7, 11) is 0.